The van der Waals surface area contributed by atoms with Crippen LogP contribution in [0, 0.1) is 5.92 Å². The van der Waals surface area contributed by atoms with Crippen LogP contribution in [0.1, 0.15) is 44.9 Å². The molecule has 17 heavy (non-hydrogen) atoms. The van der Waals surface area contributed by atoms with E-state index in [1.54, 1.807) is 0 Å². The maximum Gasteiger partial charge on any atom is 0.221 e. The summed E-state index contributed by atoms with van der Waals surface area (Å²) >= 11 is 0. The Morgan fingerprint density at radius 1 is 1.18 bits per heavy atom. The first-order valence-corrected chi connectivity index (χ1v) is 6.93. The van der Waals surface area contributed by atoms with Gasteiger partial charge in [0, 0.05) is 37.6 Å². The maximum atomic E-state index is 11.7. The van der Waals surface area contributed by atoms with E-state index < -0.39 is 0 Å². The molecule has 2 atom stereocenters. The second-order valence-corrected chi connectivity index (χ2v) is 5.38. The molecule has 4 nitrogen and oxygen atoms in total. The minimum absolute atomic E-state index is 0.128. The zero-order valence-corrected chi connectivity index (χ0v) is 10.5. The Morgan fingerprint density at radius 2 is 1.94 bits per heavy atom. The van der Waals surface area contributed by atoms with Crippen LogP contribution in [0.15, 0.2) is 0 Å². The van der Waals surface area contributed by atoms with Crippen molar-refractivity contribution in [2.24, 2.45) is 5.92 Å². The third-order valence-corrected chi connectivity index (χ3v) is 3.85. The van der Waals surface area contributed by atoms with Crippen molar-refractivity contribution in [1.29, 1.82) is 0 Å². The van der Waals surface area contributed by atoms with Crippen LogP contribution in [0.4, 0.5) is 0 Å². The van der Waals surface area contributed by atoms with Crippen molar-refractivity contribution in [2.45, 2.75) is 57.0 Å². The van der Waals surface area contributed by atoms with E-state index in [-0.39, 0.29) is 24.5 Å². The largest absolute Gasteiger partial charge is 0.396 e. The summed E-state index contributed by atoms with van der Waals surface area (Å²) in [6.07, 6.45) is 7.50. The monoisotopic (exact) mass is 240 g/mol. The summed E-state index contributed by atoms with van der Waals surface area (Å²) in [5.74, 6) is 0.396. The standard InChI is InChI=1S/C13H24N2O2/c16-9-10-3-1-2-4-12(10)15-13(17)7-8-14-11-5-6-11/h10-12,14,16H,1-9H2,(H,15,17). The molecule has 2 unspecified atom stereocenters. The molecule has 0 saturated heterocycles. The molecule has 2 aliphatic rings. The van der Waals surface area contributed by atoms with Gasteiger partial charge in [0.2, 0.25) is 5.91 Å². The number of carbonyl (C=O) groups is 1. The summed E-state index contributed by atoms with van der Waals surface area (Å²) in [7, 11) is 0. The third kappa shape index (κ3) is 4.28. The van der Waals surface area contributed by atoms with Crippen LogP contribution >= 0.6 is 0 Å². The van der Waals surface area contributed by atoms with Gasteiger partial charge in [-0.2, -0.15) is 0 Å². The van der Waals surface area contributed by atoms with Crippen molar-refractivity contribution in [2.75, 3.05) is 13.2 Å². The summed E-state index contributed by atoms with van der Waals surface area (Å²) in [6.45, 7) is 0.984. The first-order chi connectivity index (χ1) is 8.29. The number of hydrogen-bond acceptors (Lipinski definition) is 3. The van der Waals surface area contributed by atoms with Crippen LogP contribution in [0.2, 0.25) is 0 Å². The van der Waals surface area contributed by atoms with Crippen molar-refractivity contribution in [3.8, 4) is 0 Å². The predicted octanol–water partition coefficient (Wildman–Crippen LogP) is 0.796. The van der Waals surface area contributed by atoms with E-state index >= 15 is 0 Å². The number of amides is 1. The van der Waals surface area contributed by atoms with Crippen LogP contribution < -0.4 is 10.6 Å². The molecule has 4 heteroatoms. The highest BCUT2D eigenvalue weighted by Gasteiger charge is 2.26. The predicted molar refractivity (Wildman–Crippen MR) is 66.6 cm³/mol. The smallest absolute Gasteiger partial charge is 0.221 e. The number of carbonyl (C=O) groups excluding carboxylic acids is 1. The fourth-order valence-electron chi connectivity index (χ4n) is 2.57. The highest BCUT2D eigenvalue weighted by Crippen LogP contribution is 2.24. The minimum Gasteiger partial charge on any atom is -0.396 e. The van der Waals surface area contributed by atoms with Crippen molar-refractivity contribution < 1.29 is 9.90 Å². The maximum absolute atomic E-state index is 11.7. The Hall–Kier alpha value is -0.610. The molecular formula is C13H24N2O2. The Bertz CT molecular complexity index is 254. The Labute approximate surface area is 103 Å². The summed E-state index contributed by atoms with van der Waals surface area (Å²) in [4.78, 5) is 11.7. The second kappa shape index (κ2) is 6.36. The molecule has 0 aromatic carbocycles. The first-order valence-electron chi connectivity index (χ1n) is 6.93. The lowest BCUT2D eigenvalue weighted by molar-refractivity contribution is -0.122. The van der Waals surface area contributed by atoms with E-state index in [1.807, 2.05) is 0 Å². The molecule has 0 aliphatic heterocycles. The fraction of sp³-hybridized carbons (Fsp3) is 0.923. The van der Waals surface area contributed by atoms with Crippen molar-refractivity contribution in [3.05, 3.63) is 0 Å². The fourth-order valence-corrected chi connectivity index (χ4v) is 2.57. The van der Waals surface area contributed by atoms with Gasteiger partial charge in [-0.3, -0.25) is 4.79 Å². The van der Waals surface area contributed by atoms with Crippen LogP contribution in [-0.2, 0) is 4.79 Å². The molecule has 3 N–H and O–H groups in total. The number of nitrogens with one attached hydrogen (secondary N) is 2. The van der Waals surface area contributed by atoms with Gasteiger partial charge in [0.25, 0.3) is 0 Å². The molecule has 2 saturated carbocycles. The van der Waals surface area contributed by atoms with E-state index in [4.69, 9.17) is 0 Å². The van der Waals surface area contributed by atoms with E-state index in [1.165, 1.54) is 25.7 Å². The van der Waals surface area contributed by atoms with E-state index in [0.29, 0.717) is 12.5 Å². The van der Waals surface area contributed by atoms with E-state index in [9.17, 15) is 9.90 Å². The quantitative estimate of drug-likeness (QED) is 0.643. The Balaban J connectivity index is 1.64. The van der Waals surface area contributed by atoms with Crippen LogP contribution in [0.3, 0.4) is 0 Å². The number of aliphatic hydroxyl groups excluding tert-OH is 1. The first kappa shape index (κ1) is 12.8. The van der Waals surface area contributed by atoms with Gasteiger partial charge >= 0.3 is 0 Å². The average Bonchev–Trinajstić information content (AvgIpc) is 3.14. The lowest BCUT2D eigenvalue weighted by Gasteiger charge is -2.30. The Morgan fingerprint density at radius 3 is 2.65 bits per heavy atom. The molecule has 0 aromatic rings. The molecule has 0 spiro atoms. The number of hydrogen-bond donors (Lipinski definition) is 3. The highest BCUT2D eigenvalue weighted by molar-refractivity contribution is 5.76. The molecule has 0 radical (unpaired) electrons. The van der Waals surface area contributed by atoms with Crippen molar-refractivity contribution >= 4 is 5.91 Å². The highest BCUT2D eigenvalue weighted by atomic mass is 16.3. The molecular weight excluding hydrogens is 216 g/mol. The molecule has 2 fully saturated rings. The molecule has 1 amide bonds. The third-order valence-electron chi connectivity index (χ3n) is 3.85. The normalized spacial score (nSPS) is 29.0. The topological polar surface area (TPSA) is 61.4 Å². The van der Waals surface area contributed by atoms with Gasteiger partial charge in [0.05, 0.1) is 0 Å². The molecule has 0 aromatic heterocycles. The zero-order valence-electron chi connectivity index (χ0n) is 10.5. The van der Waals surface area contributed by atoms with Gasteiger partial charge in [-0.15, -0.1) is 0 Å². The summed E-state index contributed by atoms with van der Waals surface area (Å²) in [6, 6.07) is 0.866. The average molecular weight is 240 g/mol. The van der Waals surface area contributed by atoms with Crippen molar-refractivity contribution in [1.82, 2.24) is 10.6 Å². The molecule has 2 aliphatic carbocycles. The zero-order chi connectivity index (χ0) is 12.1. The summed E-state index contributed by atoms with van der Waals surface area (Å²) < 4.78 is 0. The van der Waals surface area contributed by atoms with Gasteiger partial charge in [0.1, 0.15) is 0 Å². The van der Waals surface area contributed by atoms with Gasteiger partial charge in [-0.25, -0.2) is 0 Å². The van der Waals surface area contributed by atoms with Gasteiger partial charge in [-0.05, 0) is 25.7 Å². The van der Waals surface area contributed by atoms with Gasteiger partial charge in [-0.1, -0.05) is 12.8 Å². The van der Waals surface area contributed by atoms with Crippen LogP contribution in [0.5, 0.6) is 0 Å². The van der Waals surface area contributed by atoms with Crippen LogP contribution in [0.25, 0.3) is 0 Å². The second-order valence-electron chi connectivity index (χ2n) is 5.38. The summed E-state index contributed by atoms with van der Waals surface area (Å²) in [5.41, 5.74) is 0. The van der Waals surface area contributed by atoms with Gasteiger partial charge < -0.3 is 15.7 Å². The summed E-state index contributed by atoms with van der Waals surface area (Å²) in [5, 5.41) is 15.7. The molecule has 98 valence electrons. The van der Waals surface area contributed by atoms with E-state index in [0.717, 1.165) is 19.4 Å². The SMILES string of the molecule is O=C(CCNC1CC1)NC1CCCCC1CO. The lowest BCUT2D eigenvalue weighted by Crippen LogP contribution is -2.44. The molecule has 0 heterocycles. The minimum atomic E-state index is 0.128. The van der Waals surface area contributed by atoms with E-state index in [2.05, 4.69) is 10.6 Å². The van der Waals surface area contributed by atoms with Gasteiger partial charge in [0.15, 0.2) is 0 Å². The number of rotatable bonds is 6. The van der Waals surface area contributed by atoms with Crippen molar-refractivity contribution in [3.63, 3.8) is 0 Å². The molecule has 2 rings (SSSR count). The lowest BCUT2D eigenvalue weighted by atomic mass is 9.85. The number of aliphatic hydroxyl groups is 1. The Kier molecular flexibility index (Phi) is 4.80. The molecule has 0 bridgehead atoms. The van der Waals surface area contributed by atoms with Crippen LogP contribution in [-0.4, -0.2) is 36.2 Å².